The fourth-order valence-electron chi connectivity index (χ4n) is 2.55. The van der Waals surface area contributed by atoms with E-state index in [0.717, 1.165) is 50.3 Å². The zero-order chi connectivity index (χ0) is 12.1. The summed E-state index contributed by atoms with van der Waals surface area (Å²) < 4.78 is 0. The van der Waals surface area contributed by atoms with Gasteiger partial charge < -0.3 is 15.7 Å². The average Bonchev–Trinajstić information content (AvgIpc) is 2.37. The normalized spacial score (nSPS) is 34.3. The van der Waals surface area contributed by atoms with Crippen molar-refractivity contribution in [2.75, 3.05) is 24.6 Å². The number of nitrogens with one attached hydrogen (secondary N) is 2. The molecule has 1 aliphatic heterocycles. The number of carbonyl (C=O) groups excluding carboxylic acids is 1. The fourth-order valence-corrected chi connectivity index (χ4v) is 3.48. The van der Waals surface area contributed by atoms with E-state index in [4.69, 9.17) is 0 Å². The van der Waals surface area contributed by atoms with Gasteiger partial charge in [-0.3, -0.25) is 4.79 Å². The summed E-state index contributed by atoms with van der Waals surface area (Å²) in [7, 11) is 0. The van der Waals surface area contributed by atoms with E-state index in [1.807, 2.05) is 11.8 Å². The number of carbonyl (C=O) groups is 1. The van der Waals surface area contributed by atoms with E-state index in [-0.39, 0.29) is 18.1 Å². The Hall–Kier alpha value is -0.260. The van der Waals surface area contributed by atoms with E-state index in [1.165, 1.54) is 0 Å². The highest BCUT2D eigenvalue weighted by atomic mass is 32.2. The van der Waals surface area contributed by atoms with Gasteiger partial charge in [0.05, 0.1) is 12.1 Å². The van der Waals surface area contributed by atoms with Crippen LogP contribution in [-0.4, -0.2) is 47.8 Å². The van der Waals surface area contributed by atoms with Crippen molar-refractivity contribution >= 4 is 17.7 Å². The van der Waals surface area contributed by atoms with E-state index in [0.29, 0.717) is 5.92 Å². The van der Waals surface area contributed by atoms with Crippen molar-refractivity contribution in [3.05, 3.63) is 0 Å². The molecule has 1 aliphatic carbocycles. The molecule has 2 rings (SSSR count). The van der Waals surface area contributed by atoms with Crippen LogP contribution in [0.15, 0.2) is 0 Å². The molecule has 98 valence electrons. The molecule has 5 heteroatoms. The van der Waals surface area contributed by atoms with Gasteiger partial charge in [0, 0.05) is 24.6 Å². The minimum absolute atomic E-state index is 0.0257. The predicted molar refractivity (Wildman–Crippen MR) is 70.1 cm³/mol. The first-order valence-corrected chi connectivity index (χ1v) is 7.68. The van der Waals surface area contributed by atoms with Crippen molar-refractivity contribution < 1.29 is 9.90 Å². The SMILES string of the molecule is O=C(NCC1CCCC(O)C1)C1CSCCN1. The van der Waals surface area contributed by atoms with Gasteiger partial charge in [-0.2, -0.15) is 11.8 Å². The molecule has 0 spiro atoms. The molecule has 3 N–H and O–H groups in total. The summed E-state index contributed by atoms with van der Waals surface area (Å²) in [6.07, 6.45) is 3.82. The van der Waals surface area contributed by atoms with E-state index in [1.54, 1.807) is 0 Å². The third-order valence-electron chi connectivity index (χ3n) is 3.56. The molecule has 0 aromatic heterocycles. The minimum Gasteiger partial charge on any atom is -0.393 e. The molecule has 0 aromatic rings. The second-order valence-corrected chi connectivity index (χ2v) is 6.16. The summed E-state index contributed by atoms with van der Waals surface area (Å²) in [6, 6.07) is -0.0257. The highest BCUT2D eigenvalue weighted by molar-refractivity contribution is 7.99. The van der Waals surface area contributed by atoms with Gasteiger partial charge in [-0.25, -0.2) is 0 Å². The first kappa shape index (κ1) is 13.2. The van der Waals surface area contributed by atoms with Crippen molar-refractivity contribution in [2.45, 2.75) is 37.8 Å². The summed E-state index contributed by atoms with van der Waals surface area (Å²) in [5.74, 6) is 2.55. The molecule has 2 aliphatic rings. The quantitative estimate of drug-likeness (QED) is 0.684. The third-order valence-corrected chi connectivity index (χ3v) is 4.62. The van der Waals surface area contributed by atoms with Crippen molar-refractivity contribution in [1.82, 2.24) is 10.6 Å². The van der Waals surface area contributed by atoms with Crippen LogP contribution in [0.4, 0.5) is 0 Å². The van der Waals surface area contributed by atoms with E-state index in [2.05, 4.69) is 10.6 Å². The van der Waals surface area contributed by atoms with Crippen LogP contribution in [-0.2, 0) is 4.79 Å². The third kappa shape index (κ3) is 4.16. The highest BCUT2D eigenvalue weighted by Crippen LogP contribution is 2.23. The van der Waals surface area contributed by atoms with Gasteiger partial charge >= 0.3 is 0 Å². The Kier molecular flexibility index (Phi) is 5.13. The molecule has 0 aromatic carbocycles. The Morgan fingerprint density at radius 1 is 1.47 bits per heavy atom. The van der Waals surface area contributed by atoms with Crippen LogP contribution in [0.5, 0.6) is 0 Å². The maximum atomic E-state index is 11.9. The Balaban J connectivity index is 1.68. The number of thioether (sulfide) groups is 1. The number of aliphatic hydroxyl groups excluding tert-OH is 1. The molecule has 0 bridgehead atoms. The van der Waals surface area contributed by atoms with Gasteiger partial charge in [-0.1, -0.05) is 6.42 Å². The van der Waals surface area contributed by atoms with Crippen molar-refractivity contribution in [2.24, 2.45) is 5.92 Å². The second kappa shape index (κ2) is 6.61. The lowest BCUT2D eigenvalue weighted by molar-refractivity contribution is -0.123. The summed E-state index contributed by atoms with van der Waals surface area (Å²) in [5.41, 5.74) is 0. The van der Waals surface area contributed by atoms with Crippen molar-refractivity contribution in [3.8, 4) is 0 Å². The Morgan fingerprint density at radius 2 is 2.35 bits per heavy atom. The number of aliphatic hydroxyl groups is 1. The summed E-state index contributed by atoms with van der Waals surface area (Å²) in [5, 5.41) is 15.8. The van der Waals surface area contributed by atoms with E-state index < -0.39 is 0 Å². The number of hydrogen-bond donors (Lipinski definition) is 3. The second-order valence-electron chi connectivity index (χ2n) is 5.01. The Bertz CT molecular complexity index is 257. The lowest BCUT2D eigenvalue weighted by atomic mass is 9.87. The topological polar surface area (TPSA) is 61.4 Å². The molecular formula is C12H22N2O2S. The zero-order valence-electron chi connectivity index (χ0n) is 10.2. The monoisotopic (exact) mass is 258 g/mol. The van der Waals surface area contributed by atoms with Crippen LogP contribution in [0.2, 0.25) is 0 Å². The van der Waals surface area contributed by atoms with Gasteiger partial charge in [0.1, 0.15) is 0 Å². The van der Waals surface area contributed by atoms with E-state index >= 15 is 0 Å². The van der Waals surface area contributed by atoms with Gasteiger partial charge in [-0.05, 0) is 25.2 Å². The van der Waals surface area contributed by atoms with Crippen LogP contribution in [0, 0.1) is 5.92 Å². The Labute approximate surface area is 107 Å². The molecule has 0 radical (unpaired) electrons. The molecule has 3 atom stereocenters. The lowest BCUT2D eigenvalue weighted by Gasteiger charge is -2.27. The highest BCUT2D eigenvalue weighted by Gasteiger charge is 2.24. The summed E-state index contributed by atoms with van der Waals surface area (Å²) in [6.45, 7) is 1.64. The number of rotatable bonds is 3. The Morgan fingerprint density at radius 3 is 3.06 bits per heavy atom. The molecule has 4 nitrogen and oxygen atoms in total. The smallest absolute Gasteiger partial charge is 0.238 e. The number of hydrogen-bond acceptors (Lipinski definition) is 4. The van der Waals surface area contributed by atoms with E-state index in [9.17, 15) is 9.90 Å². The maximum Gasteiger partial charge on any atom is 0.238 e. The minimum atomic E-state index is -0.158. The molecule has 1 saturated carbocycles. The lowest BCUT2D eigenvalue weighted by Crippen LogP contribution is -2.50. The van der Waals surface area contributed by atoms with Crippen molar-refractivity contribution in [1.29, 1.82) is 0 Å². The summed E-state index contributed by atoms with van der Waals surface area (Å²) in [4.78, 5) is 11.9. The first-order valence-electron chi connectivity index (χ1n) is 6.52. The van der Waals surface area contributed by atoms with Gasteiger partial charge in [-0.15, -0.1) is 0 Å². The van der Waals surface area contributed by atoms with Crippen LogP contribution < -0.4 is 10.6 Å². The molecule has 1 heterocycles. The largest absolute Gasteiger partial charge is 0.393 e. The molecule has 1 amide bonds. The van der Waals surface area contributed by atoms with Crippen LogP contribution in [0.25, 0.3) is 0 Å². The zero-order valence-corrected chi connectivity index (χ0v) is 11.0. The summed E-state index contributed by atoms with van der Waals surface area (Å²) >= 11 is 1.83. The van der Waals surface area contributed by atoms with Gasteiger partial charge in [0.15, 0.2) is 0 Å². The van der Waals surface area contributed by atoms with Crippen LogP contribution in [0.1, 0.15) is 25.7 Å². The predicted octanol–water partition coefficient (Wildman–Crippen LogP) is 0.359. The maximum absolute atomic E-state index is 11.9. The molecule has 2 fully saturated rings. The van der Waals surface area contributed by atoms with Crippen LogP contribution in [0.3, 0.4) is 0 Å². The fraction of sp³-hybridized carbons (Fsp3) is 0.917. The molecule has 3 unspecified atom stereocenters. The number of amides is 1. The van der Waals surface area contributed by atoms with Crippen LogP contribution >= 0.6 is 11.8 Å². The van der Waals surface area contributed by atoms with Gasteiger partial charge in [0.2, 0.25) is 5.91 Å². The van der Waals surface area contributed by atoms with Crippen molar-refractivity contribution in [3.63, 3.8) is 0 Å². The average molecular weight is 258 g/mol. The first-order chi connectivity index (χ1) is 8.25. The molecule has 17 heavy (non-hydrogen) atoms. The van der Waals surface area contributed by atoms with Gasteiger partial charge in [0.25, 0.3) is 0 Å². The molecule has 1 saturated heterocycles. The molecular weight excluding hydrogens is 236 g/mol. The standard InChI is InChI=1S/C12H22N2O2S/c15-10-3-1-2-9(6-10)7-14-12(16)11-8-17-5-4-13-11/h9-11,13,15H,1-8H2,(H,14,16).